The highest BCUT2D eigenvalue weighted by Crippen LogP contribution is 2.25. The predicted molar refractivity (Wildman–Crippen MR) is 81.2 cm³/mol. The minimum Gasteiger partial charge on any atom is -0.399 e. The van der Waals surface area contributed by atoms with Crippen molar-refractivity contribution in [3.63, 3.8) is 0 Å². The number of likely N-dealkylation sites (tertiary alicyclic amines) is 1. The Kier molecular flexibility index (Phi) is 5.29. The van der Waals surface area contributed by atoms with Gasteiger partial charge in [-0.25, -0.2) is 4.39 Å². The van der Waals surface area contributed by atoms with Gasteiger partial charge in [0, 0.05) is 23.2 Å². The highest BCUT2D eigenvalue weighted by molar-refractivity contribution is 8.00. The van der Waals surface area contributed by atoms with Crippen LogP contribution < -0.4 is 5.73 Å². The molecule has 1 saturated heterocycles. The Morgan fingerprint density at radius 2 is 2.25 bits per heavy atom. The molecular formula is C15H21FN2OS. The maximum absolute atomic E-state index is 13.2. The Hall–Kier alpha value is -1.23. The Morgan fingerprint density at radius 1 is 1.45 bits per heavy atom. The number of thioether (sulfide) groups is 1. The molecule has 1 aromatic rings. The zero-order valence-electron chi connectivity index (χ0n) is 11.8. The van der Waals surface area contributed by atoms with Crippen LogP contribution in [0.4, 0.5) is 10.1 Å². The highest BCUT2D eigenvalue weighted by atomic mass is 32.2. The summed E-state index contributed by atoms with van der Waals surface area (Å²) in [6.45, 7) is 2.97. The van der Waals surface area contributed by atoms with Gasteiger partial charge >= 0.3 is 0 Å². The number of benzene rings is 1. The van der Waals surface area contributed by atoms with Gasteiger partial charge in [-0.2, -0.15) is 0 Å². The molecule has 1 aliphatic rings. The molecule has 1 aliphatic heterocycles. The van der Waals surface area contributed by atoms with Crippen LogP contribution in [-0.4, -0.2) is 29.1 Å². The number of hydrogen-bond acceptors (Lipinski definition) is 3. The number of nitrogens with two attached hydrogens (primary N) is 1. The minimum atomic E-state index is -0.357. The first-order valence-corrected chi connectivity index (χ1v) is 8.07. The lowest BCUT2D eigenvalue weighted by atomic mass is 10.0. The predicted octanol–water partition coefficient (Wildman–Crippen LogP) is 3.29. The molecule has 1 atom stereocenters. The molecule has 110 valence electrons. The number of amides is 1. The van der Waals surface area contributed by atoms with E-state index in [1.54, 1.807) is 6.07 Å². The third-order valence-electron chi connectivity index (χ3n) is 3.67. The summed E-state index contributed by atoms with van der Waals surface area (Å²) >= 11 is 1.35. The van der Waals surface area contributed by atoms with E-state index in [-0.39, 0.29) is 11.7 Å². The lowest BCUT2D eigenvalue weighted by Gasteiger charge is -2.35. The fourth-order valence-corrected chi connectivity index (χ4v) is 3.52. The summed E-state index contributed by atoms with van der Waals surface area (Å²) < 4.78 is 13.2. The molecule has 0 radical (unpaired) electrons. The summed E-state index contributed by atoms with van der Waals surface area (Å²) in [6.07, 6.45) is 4.39. The second kappa shape index (κ2) is 6.97. The van der Waals surface area contributed by atoms with Crippen LogP contribution in [0.1, 0.15) is 32.6 Å². The Balaban J connectivity index is 1.94. The Morgan fingerprint density at radius 3 is 2.95 bits per heavy atom. The van der Waals surface area contributed by atoms with Crippen LogP contribution in [0.5, 0.6) is 0 Å². The molecule has 2 rings (SSSR count). The quantitative estimate of drug-likeness (QED) is 0.685. The summed E-state index contributed by atoms with van der Waals surface area (Å²) in [5.41, 5.74) is 6.00. The summed E-state index contributed by atoms with van der Waals surface area (Å²) in [6, 6.07) is 4.77. The van der Waals surface area contributed by atoms with Crippen LogP contribution in [-0.2, 0) is 4.79 Å². The van der Waals surface area contributed by atoms with Gasteiger partial charge in [-0.1, -0.05) is 6.92 Å². The molecule has 3 nitrogen and oxygen atoms in total. The lowest BCUT2D eigenvalue weighted by molar-refractivity contribution is -0.132. The van der Waals surface area contributed by atoms with Crippen LogP contribution in [0.3, 0.4) is 0 Å². The topological polar surface area (TPSA) is 46.3 Å². The number of carbonyl (C=O) groups excluding carboxylic acids is 1. The summed E-state index contributed by atoms with van der Waals surface area (Å²) in [5.74, 6) is 0.132. The second-order valence-electron chi connectivity index (χ2n) is 5.15. The monoisotopic (exact) mass is 296 g/mol. The van der Waals surface area contributed by atoms with Gasteiger partial charge < -0.3 is 10.6 Å². The third-order valence-corrected chi connectivity index (χ3v) is 4.63. The van der Waals surface area contributed by atoms with E-state index >= 15 is 0 Å². The minimum absolute atomic E-state index is 0.143. The molecule has 1 aromatic carbocycles. The molecule has 20 heavy (non-hydrogen) atoms. The zero-order valence-corrected chi connectivity index (χ0v) is 12.6. The van der Waals surface area contributed by atoms with Gasteiger partial charge in [-0.3, -0.25) is 4.79 Å². The number of hydrogen-bond donors (Lipinski definition) is 1. The van der Waals surface area contributed by atoms with Gasteiger partial charge in [0.15, 0.2) is 0 Å². The van der Waals surface area contributed by atoms with Crippen molar-refractivity contribution in [1.29, 1.82) is 0 Å². The molecule has 1 fully saturated rings. The van der Waals surface area contributed by atoms with Crippen molar-refractivity contribution in [3.8, 4) is 0 Å². The smallest absolute Gasteiger partial charge is 0.233 e. The van der Waals surface area contributed by atoms with Crippen molar-refractivity contribution < 1.29 is 9.18 Å². The molecule has 1 heterocycles. The molecule has 5 heteroatoms. The van der Waals surface area contributed by atoms with Crippen LogP contribution in [0, 0.1) is 5.82 Å². The second-order valence-corrected chi connectivity index (χ2v) is 6.20. The van der Waals surface area contributed by atoms with E-state index in [4.69, 9.17) is 5.73 Å². The van der Waals surface area contributed by atoms with E-state index in [0.717, 1.165) is 25.8 Å². The highest BCUT2D eigenvalue weighted by Gasteiger charge is 2.24. The largest absolute Gasteiger partial charge is 0.399 e. The van der Waals surface area contributed by atoms with E-state index < -0.39 is 0 Å². The molecule has 0 saturated carbocycles. The lowest BCUT2D eigenvalue weighted by Crippen LogP contribution is -2.44. The standard InChI is InChI=1S/C15H21FN2OS/c1-2-13-5-3-4-6-18(13)15(19)10-20-14-8-11(16)7-12(17)9-14/h7-9,13H,2-6,10,17H2,1H3. The van der Waals surface area contributed by atoms with Crippen molar-refractivity contribution >= 4 is 23.4 Å². The fourth-order valence-electron chi connectivity index (χ4n) is 2.65. The van der Waals surface area contributed by atoms with E-state index in [2.05, 4.69) is 6.92 Å². The normalized spacial score (nSPS) is 19.1. The average molecular weight is 296 g/mol. The number of anilines is 1. The molecule has 0 bridgehead atoms. The number of piperidine rings is 1. The molecule has 0 aliphatic carbocycles. The number of halogens is 1. The molecule has 1 amide bonds. The number of nitrogens with zero attached hydrogens (tertiary/aromatic N) is 1. The van der Waals surface area contributed by atoms with Crippen molar-refractivity contribution in [2.45, 2.75) is 43.5 Å². The van der Waals surface area contributed by atoms with E-state index in [0.29, 0.717) is 22.4 Å². The summed E-state index contributed by atoms with van der Waals surface area (Å²) in [4.78, 5) is 15.0. The zero-order chi connectivity index (χ0) is 14.5. The van der Waals surface area contributed by atoms with E-state index in [9.17, 15) is 9.18 Å². The maximum Gasteiger partial charge on any atom is 0.233 e. The Labute approximate surface area is 123 Å². The molecule has 0 spiro atoms. The first kappa shape index (κ1) is 15.2. The van der Waals surface area contributed by atoms with E-state index in [1.165, 1.54) is 30.3 Å². The van der Waals surface area contributed by atoms with Gasteiger partial charge in [0.05, 0.1) is 5.75 Å². The Bertz CT molecular complexity index is 461. The SMILES string of the molecule is CCC1CCCCN1C(=O)CSc1cc(N)cc(F)c1. The van der Waals surface area contributed by atoms with Gasteiger partial charge in [0.25, 0.3) is 0 Å². The average Bonchev–Trinajstić information content (AvgIpc) is 2.43. The van der Waals surface area contributed by atoms with Crippen LogP contribution in [0.2, 0.25) is 0 Å². The summed E-state index contributed by atoms with van der Waals surface area (Å²) in [5, 5.41) is 0. The van der Waals surface area contributed by atoms with Crippen molar-refractivity contribution in [2.24, 2.45) is 0 Å². The molecular weight excluding hydrogens is 275 g/mol. The molecule has 1 unspecified atom stereocenters. The molecule has 0 aromatic heterocycles. The number of carbonyl (C=O) groups is 1. The number of rotatable bonds is 4. The molecule has 2 N–H and O–H groups in total. The van der Waals surface area contributed by atoms with Crippen molar-refractivity contribution in [1.82, 2.24) is 4.90 Å². The van der Waals surface area contributed by atoms with Crippen LogP contribution in [0.15, 0.2) is 23.1 Å². The maximum atomic E-state index is 13.2. The summed E-state index contributed by atoms with van der Waals surface area (Å²) in [7, 11) is 0. The van der Waals surface area contributed by atoms with Crippen LogP contribution >= 0.6 is 11.8 Å². The van der Waals surface area contributed by atoms with E-state index in [1.807, 2.05) is 4.90 Å². The van der Waals surface area contributed by atoms with Crippen molar-refractivity contribution in [3.05, 3.63) is 24.0 Å². The van der Waals surface area contributed by atoms with Gasteiger partial charge in [-0.05, 0) is 43.9 Å². The fraction of sp³-hybridized carbons (Fsp3) is 0.533. The number of nitrogen functional groups attached to an aromatic ring is 1. The van der Waals surface area contributed by atoms with Gasteiger partial charge in [0.1, 0.15) is 5.82 Å². The third kappa shape index (κ3) is 3.88. The van der Waals surface area contributed by atoms with Crippen molar-refractivity contribution in [2.75, 3.05) is 18.0 Å². The first-order valence-electron chi connectivity index (χ1n) is 7.08. The van der Waals surface area contributed by atoms with Gasteiger partial charge in [-0.15, -0.1) is 11.8 Å². The first-order chi connectivity index (χ1) is 9.60. The van der Waals surface area contributed by atoms with Crippen LogP contribution in [0.25, 0.3) is 0 Å². The van der Waals surface area contributed by atoms with Gasteiger partial charge in [0.2, 0.25) is 5.91 Å².